The summed E-state index contributed by atoms with van der Waals surface area (Å²) in [5, 5.41) is 8.75. The second-order valence-electron chi connectivity index (χ2n) is 4.70. The third-order valence-corrected chi connectivity index (χ3v) is 3.09. The van der Waals surface area contributed by atoms with Gasteiger partial charge in [0.1, 0.15) is 6.61 Å². The SMILES string of the molecule is CCC(C)CN(C)C(=O)c1ccccc1C#CCO. The van der Waals surface area contributed by atoms with Gasteiger partial charge in [-0.1, -0.05) is 44.2 Å². The van der Waals surface area contributed by atoms with Gasteiger partial charge in [0, 0.05) is 19.2 Å². The van der Waals surface area contributed by atoms with Crippen molar-refractivity contribution in [2.75, 3.05) is 20.2 Å². The third-order valence-electron chi connectivity index (χ3n) is 3.09. The molecule has 1 unspecified atom stereocenters. The number of carbonyl (C=O) groups is 1. The van der Waals surface area contributed by atoms with Gasteiger partial charge in [-0.2, -0.15) is 0 Å². The first-order valence-corrected chi connectivity index (χ1v) is 6.54. The molecule has 1 N–H and O–H groups in total. The zero-order chi connectivity index (χ0) is 14.3. The van der Waals surface area contributed by atoms with Gasteiger partial charge >= 0.3 is 0 Å². The number of carbonyl (C=O) groups excluding carboxylic acids is 1. The number of rotatable bonds is 4. The summed E-state index contributed by atoms with van der Waals surface area (Å²) >= 11 is 0. The maximum absolute atomic E-state index is 12.4. The highest BCUT2D eigenvalue weighted by atomic mass is 16.2. The van der Waals surface area contributed by atoms with E-state index in [0.29, 0.717) is 17.0 Å². The van der Waals surface area contributed by atoms with Crippen LogP contribution in [0.15, 0.2) is 24.3 Å². The zero-order valence-electron chi connectivity index (χ0n) is 11.8. The fourth-order valence-corrected chi connectivity index (χ4v) is 1.80. The van der Waals surface area contributed by atoms with Crippen molar-refractivity contribution in [2.45, 2.75) is 20.3 Å². The van der Waals surface area contributed by atoms with Crippen LogP contribution in [0.4, 0.5) is 0 Å². The smallest absolute Gasteiger partial charge is 0.254 e. The van der Waals surface area contributed by atoms with Crippen molar-refractivity contribution >= 4 is 5.91 Å². The van der Waals surface area contributed by atoms with Crippen molar-refractivity contribution in [2.24, 2.45) is 5.92 Å². The van der Waals surface area contributed by atoms with E-state index in [0.717, 1.165) is 13.0 Å². The summed E-state index contributed by atoms with van der Waals surface area (Å²) in [6, 6.07) is 7.24. The fourth-order valence-electron chi connectivity index (χ4n) is 1.80. The van der Waals surface area contributed by atoms with Crippen LogP contribution in [0.25, 0.3) is 0 Å². The molecule has 0 heterocycles. The predicted molar refractivity (Wildman–Crippen MR) is 76.8 cm³/mol. The number of amides is 1. The molecule has 102 valence electrons. The number of nitrogens with zero attached hydrogens (tertiary/aromatic N) is 1. The molecule has 0 aliphatic rings. The van der Waals surface area contributed by atoms with E-state index >= 15 is 0 Å². The lowest BCUT2D eigenvalue weighted by atomic mass is 10.1. The Kier molecular flexibility index (Phi) is 6.11. The molecule has 3 heteroatoms. The van der Waals surface area contributed by atoms with Crippen LogP contribution in [-0.2, 0) is 0 Å². The summed E-state index contributed by atoms with van der Waals surface area (Å²) in [5.41, 5.74) is 1.26. The van der Waals surface area contributed by atoms with Crippen LogP contribution in [-0.4, -0.2) is 36.1 Å². The molecular formula is C16H21NO2. The van der Waals surface area contributed by atoms with Gasteiger partial charge in [0.05, 0.1) is 5.56 Å². The molecule has 0 fully saturated rings. The van der Waals surface area contributed by atoms with E-state index in [4.69, 9.17) is 5.11 Å². The average molecular weight is 259 g/mol. The standard InChI is InChI=1S/C16H21NO2/c1-4-13(2)12-17(3)16(19)15-10-6-5-8-14(15)9-7-11-18/h5-6,8,10,13,18H,4,11-12H2,1-3H3. The van der Waals surface area contributed by atoms with Crippen molar-refractivity contribution in [3.63, 3.8) is 0 Å². The molecule has 0 saturated heterocycles. The molecule has 1 aromatic carbocycles. The molecule has 19 heavy (non-hydrogen) atoms. The van der Waals surface area contributed by atoms with E-state index in [1.807, 2.05) is 19.2 Å². The zero-order valence-corrected chi connectivity index (χ0v) is 11.8. The van der Waals surface area contributed by atoms with E-state index in [-0.39, 0.29) is 12.5 Å². The third kappa shape index (κ3) is 4.42. The molecule has 1 aromatic rings. The molecule has 0 saturated carbocycles. The van der Waals surface area contributed by atoms with Gasteiger partial charge in [-0.3, -0.25) is 4.79 Å². The van der Waals surface area contributed by atoms with Crippen LogP contribution in [0.3, 0.4) is 0 Å². The largest absolute Gasteiger partial charge is 0.384 e. The molecule has 0 aliphatic heterocycles. The topological polar surface area (TPSA) is 40.5 Å². The van der Waals surface area contributed by atoms with Gasteiger partial charge in [-0.25, -0.2) is 0 Å². The van der Waals surface area contributed by atoms with Crippen LogP contribution in [0, 0.1) is 17.8 Å². The Hall–Kier alpha value is -1.79. The van der Waals surface area contributed by atoms with Crippen LogP contribution >= 0.6 is 0 Å². The minimum atomic E-state index is -0.203. The molecule has 0 aromatic heterocycles. The van der Waals surface area contributed by atoms with E-state index in [1.54, 1.807) is 17.0 Å². The lowest BCUT2D eigenvalue weighted by molar-refractivity contribution is 0.0774. The quantitative estimate of drug-likeness (QED) is 0.842. The first-order chi connectivity index (χ1) is 9.10. The van der Waals surface area contributed by atoms with Crippen molar-refractivity contribution in [1.29, 1.82) is 0 Å². The Labute approximate surface area is 115 Å². The second kappa shape index (κ2) is 7.60. The Bertz CT molecular complexity index is 485. The molecule has 0 bridgehead atoms. The Morgan fingerprint density at radius 1 is 1.42 bits per heavy atom. The van der Waals surface area contributed by atoms with Crippen LogP contribution in [0.2, 0.25) is 0 Å². The van der Waals surface area contributed by atoms with Crippen molar-refractivity contribution in [1.82, 2.24) is 4.90 Å². The maximum atomic E-state index is 12.4. The molecule has 0 spiro atoms. The first-order valence-electron chi connectivity index (χ1n) is 6.54. The van der Waals surface area contributed by atoms with Crippen molar-refractivity contribution < 1.29 is 9.90 Å². The van der Waals surface area contributed by atoms with Crippen LogP contribution < -0.4 is 0 Å². The van der Waals surface area contributed by atoms with Crippen molar-refractivity contribution in [3.8, 4) is 11.8 Å². The summed E-state index contributed by atoms with van der Waals surface area (Å²) < 4.78 is 0. The summed E-state index contributed by atoms with van der Waals surface area (Å²) in [5.74, 6) is 5.86. The van der Waals surface area contributed by atoms with E-state index < -0.39 is 0 Å². The molecule has 1 atom stereocenters. The van der Waals surface area contributed by atoms with Crippen LogP contribution in [0.5, 0.6) is 0 Å². The monoisotopic (exact) mass is 259 g/mol. The molecule has 0 radical (unpaired) electrons. The van der Waals surface area contributed by atoms with Gasteiger partial charge in [0.2, 0.25) is 0 Å². The normalized spacial score (nSPS) is 11.4. The summed E-state index contributed by atoms with van der Waals surface area (Å²) in [6.45, 7) is 4.77. The molecular weight excluding hydrogens is 238 g/mol. The van der Waals surface area contributed by atoms with Gasteiger partial charge < -0.3 is 10.0 Å². The van der Waals surface area contributed by atoms with E-state index in [1.165, 1.54) is 0 Å². The van der Waals surface area contributed by atoms with Gasteiger partial charge in [-0.05, 0) is 18.1 Å². The van der Waals surface area contributed by atoms with E-state index in [9.17, 15) is 4.79 Å². The fraction of sp³-hybridized carbons (Fsp3) is 0.438. The van der Waals surface area contributed by atoms with Gasteiger partial charge in [-0.15, -0.1) is 0 Å². The van der Waals surface area contributed by atoms with Crippen LogP contribution in [0.1, 0.15) is 36.2 Å². The highest BCUT2D eigenvalue weighted by Gasteiger charge is 2.16. The van der Waals surface area contributed by atoms with Crippen molar-refractivity contribution in [3.05, 3.63) is 35.4 Å². The Morgan fingerprint density at radius 3 is 2.74 bits per heavy atom. The summed E-state index contributed by atoms with van der Waals surface area (Å²) in [4.78, 5) is 14.1. The Balaban J connectivity index is 2.93. The Morgan fingerprint density at radius 2 is 2.11 bits per heavy atom. The number of aliphatic hydroxyl groups is 1. The summed E-state index contributed by atoms with van der Waals surface area (Å²) in [7, 11) is 1.81. The predicted octanol–water partition coefficient (Wildman–Crippen LogP) is 2.15. The number of benzene rings is 1. The minimum Gasteiger partial charge on any atom is -0.384 e. The number of hydrogen-bond donors (Lipinski definition) is 1. The lowest BCUT2D eigenvalue weighted by Crippen LogP contribution is -2.31. The highest BCUT2D eigenvalue weighted by Crippen LogP contribution is 2.12. The summed E-state index contributed by atoms with van der Waals surface area (Å²) in [6.07, 6.45) is 1.05. The van der Waals surface area contributed by atoms with E-state index in [2.05, 4.69) is 25.7 Å². The highest BCUT2D eigenvalue weighted by molar-refractivity contribution is 5.96. The molecule has 0 aliphatic carbocycles. The minimum absolute atomic E-state index is 0.0249. The molecule has 1 amide bonds. The number of aliphatic hydroxyl groups excluding tert-OH is 1. The maximum Gasteiger partial charge on any atom is 0.254 e. The first kappa shape index (κ1) is 15.3. The molecule has 3 nitrogen and oxygen atoms in total. The second-order valence-corrected chi connectivity index (χ2v) is 4.70. The average Bonchev–Trinajstić information content (AvgIpc) is 2.44. The number of hydrogen-bond acceptors (Lipinski definition) is 2. The van der Waals surface area contributed by atoms with Gasteiger partial charge in [0.15, 0.2) is 0 Å². The van der Waals surface area contributed by atoms with Gasteiger partial charge in [0.25, 0.3) is 5.91 Å². The molecule has 1 rings (SSSR count). The lowest BCUT2D eigenvalue weighted by Gasteiger charge is -2.21.